The molecule has 0 aliphatic carbocycles. The number of ether oxygens (including phenoxy) is 1. The fraction of sp³-hybridized carbons (Fsp3) is 0.500. The lowest BCUT2D eigenvalue weighted by Gasteiger charge is -2.19. The zero-order valence-corrected chi connectivity index (χ0v) is 8.70. The minimum atomic E-state index is -0.488. The Morgan fingerprint density at radius 2 is 2.21 bits per heavy atom. The van der Waals surface area contributed by atoms with Crippen LogP contribution in [0, 0.1) is 5.95 Å². The molecule has 0 radical (unpaired) electrons. The van der Waals surface area contributed by atoms with Gasteiger partial charge in [-0.25, -0.2) is 4.98 Å². The second-order valence-corrected chi connectivity index (χ2v) is 3.44. The van der Waals surface area contributed by atoms with Crippen molar-refractivity contribution in [2.24, 2.45) is 0 Å². The Bertz CT molecular complexity index is 274. The van der Waals surface area contributed by atoms with Crippen LogP contribution >= 0.6 is 0 Å². The normalized spacial score (nSPS) is 12.9. The molecule has 1 aromatic heterocycles. The monoisotopic (exact) mass is 198 g/mol. The van der Waals surface area contributed by atoms with Gasteiger partial charge in [0.05, 0.1) is 6.20 Å². The fourth-order valence-corrected chi connectivity index (χ4v) is 0.814. The molecule has 0 N–H and O–H groups in total. The SMILES string of the molecule is CC(COc1ccc(F)nc1)N(C)C. The van der Waals surface area contributed by atoms with E-state index in [-0.39, 0.29) is 0 Å². The third kappa shape index (κ3) is 3.30. The predicted octanol–water partition coefficient (Wildman–Crippen LogP) is 1.55. The Morgan fingerprint density at radius 1 is 1.50 bits per heavy atom. The summed E-state index contributed by atoms with van der Waals surface area (Å²) < 4.78 is 17.9. The highest BCUT2D eigenvalue weighted by Gasteiger charge is 2.05. The number of hydrogen-bond donors (Lipinski definition) is 0. The van der Waals surface area contributed by atoms with E-state index >= 15 is 0 Å². The van der Waals surface area contributed by atoms with Crippen molar-refractivity contribution >= 4 is 0 Å². The van der Waals surface area contributed by atoms with Gasteiger partial charge in [-0.05, 0) is 33.2 Å². The third-order valence-electron chi connectivity index (χ3n) is 2.07. The van der Waals surface area contributed by atoms with Crippen LogP contribution in [0.5, 0.6) is 5.75 Å². The maximum Gasteiger partial charge on any atom is 0.213 e. The lowest BCUT2D eigenvalue weighted by Crippen LogP contribution is -2.30. The van der Waals surface area contributed by atoms with E-state index in [2.05, 4.69) is 16.8 Å². The molecule has 0 amide bonds. The summed E-state index contributed by atoms with van der Waals surface area (Å²) in [5.41, 5.74) is 0. The largest absolute Gasteiger partial charge is 0.490 e. The number of halogens is 1. The summed E-state index contributed by atoms with van der Waals surface area (Å²) in [5, 5.41) is 0. The lowest BCUT2D eigenvalue weighted by molar-refractivity contribution is 0.197. The number of hydrogen-bond acceptors (Lipinski definition) is 3. The topological polar surface area (TPSA) is 25.4 Å². The fourth-order valence-electron chi connectivity index (χ4n) is 0.814. The zero-order chi connectivity index (χ0) is 10.6. The highest BCUT2D eigenvalue weighted by Crippen LogP contribution is 2.09. The first-order valence-corrected chi connectivity index (χ1v) is 4.50. The van der Waals surface area contributed by atoms with Crippen molar-refractivity contribution in [2.75, 3.05) is 20.7 Å². The first-order valence-electron chi connectivity index (χ1n) is 4.50. The third-order valence-corrected chi connectivity index (χ3v) is 2.07. The summed E-state index contributed by atoms with van der Waals surface area (Å²) in [6, 6.07) is 3.18. The molecule has 0 spiro atoms. The van der Waals surface area contributed by atoms with Gasteiger partial charge in [-0.15, -0.1) is 0 Å². The van der Waals surface area contributed by atoms with E-state index < -0.39 is 5.95 Å². The van der Waals surface area contributed by atoms with Gasteiger partial charge in [0.15, 0.2) is 0 Å². The lowest BCUT2D eigenvalue weighted by atomic mass is 10.3. The average molecular weight is 198 g/mol. The summed E-state index contributed by atoms with van der Waals surface area (Å²) in [7, 11) is 3.97. The number of nitrogens with zero attached hydrogens (tertiary/aromatic N) is 2. The molecule has 1 atom stereocenters. The highest BCUT2D eigenvalue weighted by molar-refractivity contribution is 5.16. The minimum Gasteiger partial charge on any atom is -0.490 e. The molecule has 4 heteroatoms. The summed E-state index contributed by atoms with van der Waals surface area (Å²) >= 11 is 0. The second-order valence-electron chi connectivity index (χ2n) is 3.44. The van der Waals surface area contributed by atoms with Gasteiger partial charge in [0.1, 0.15) is 12.4 Å². The van der Waals surface area contributed by atoms with Gasteiger partial charge in [-0.3, -0.25) is 0 Å². The van der Waals surface area contributed by atoms with Crippen molar-refractivity contribution in [3.63, 3.8) is 0 Å². The molecule has 0 aromatic carbocycles. The highest BCUT2D eigenvalue weighted by atomic mass is 19.1. The van der Waals surface area contributed by atoms with E-state index in [9.17, 15) is 4.39 Å². The summed E-state index contributed by atoms with van der Waals surface area (Å²) in [6.45, 7) is 2.62. The molecule has 1 aromatic rings. The van der Waals surface area contributed by atoms with Crippen LogP contribution in [0.15, 0.2) is 18.3 Å². The Kier molecular flexibility index (Phi) is 3.83. The van der Waals surface area contributed by atoms with Crippen LogP contribution in [-0.2, 0) is 0 Å². The molecular formula is C10H15FN2O. The molecule has 0 fully saturated rings. The predicted molar refractivity (Wildman–Crippen MR) is 52.8 cm³/mol. The van der Waals surface area contributed by atoms with Crippen LogP contribution in [0.25, 0.3) is 0 Å². The number of aromatic nitrogens is 1. The molecular weight excluding hydrogens is 183 g/mol. The van der Waals surface area contributed by atoms with Crippen molar-refractivity contribution in [1.29, 1.82) is 0 Å². The Labute approximate surface area is 83.5 Å². The molecule has 0 aliphatic heterocycles. The molecule has 14 heavy (non-hydrogen) atoms. The van der Waals surface area contributed by atoms with Crippen LogP contribution in [0.3, 0.4) is 0 Å². The van der Waals surface area contributed by atoms with Crippen molar-refractivity contribution in [1.82, 2.24) is 9.88 Å². The minimum absolute atomic E-state index is 0.319. The average Bonchev–Trinajstić information content (AvgIpc) is 2.16. The standard InChI is InChI=1S/C10H15FN2O/c1-8(13(2)3)7-14-9-4-5-10(11)12-6-9/h4-6,8H,7H2,1-3H3. The van der Waals surface area contributed by atoms with Crippen LogP contribution in [0.1, 0.15) is 6.92 Å². The summed E-state index contributed by atoms with van der Waals surface area (Å²) in [6.07, 6.45) is 1.39. The summed E-state index contributed by atoms with van der Waals surface area (Å²) in [4.78, 5) is 5.55. The molecule has 0 saturated carbocycles. The van der Waals surface area contributed by atoms with E-state index in [4.69, 9.17) is 4.74 Å². The van der Waals surface area contributed by atoms with Crippen LogP contribution in [0.4, 0.5) is 4.39 Å². The molecule has 1 rings (SSSR count). The van der Waals surface area contributed by atoms with Gasteiger partial charge in [-0.2, -0.15) is 4.39 Å². The van der Waals surface area contributed by atoms with Crippen LogP contribution < -0.4 is 4.74 Å². The molecule has 0 saturated heterocycles. The van der Waals surface area contributed by atoms with E-state index in [1.807, 2.05) is 14.1 Å². The van der Waals surface area contributed by atoms with Crippen molar-refractivity contribution in [3.05, 3.63) is 24.3 Å². The Balaban J connectivity index is 2.42. The van der Waals surface area contributed by atoms with Gasteiger partial charge < -0.3 is 9.64 Å². The Hall–Kier alpha value is -1.16. The maximum atomic E-state index is 12.4. The van der Waals surface area contributed by atoms with E-state index in [0.29, 0.717) is 18.4 Å². The van der Waals surface area contributed by atoms with Gasteiger partial charge in [0.2, 0.25) is 5.95 Å². The first kappa shape index (κ1) is 10.9. The molecule has 1 heterocycles. The van der Waals surface area contributed by atoms with Crippen molar-refractivity contribution in [3.8, 4) is 5.75 Å². The second kappa shape index (κ2) is 4.91. The van der Waals surface area contributed by atoms with Crippen LogP contribution in [0.2, 0.25) is 0 Å². The van der Waals surface area contributed by atoms with Gasteiger partial charge >= 0.3 is 0 Å². The molecule has 3 nitrogen and oxygen atoms in total. The molecule has 1 unspecified atom stereocenters. The maximum absolute atomic E-state index is 12.4. The first-order chi connectivity index (χ1) is 6.59. The smallest absolute Gasteiger partial charge is 0.213 e. The quantitative estimate of drug-likeness (QED) is 0.686. The number of likely N-dealkylation sites (N-methyl/N-ethyl adjacent to an activating group) is 1. The van der Waals surface area contributed by atoms with Crippen LogP contribution in [-0.4, -0.2) is 36.6 Å². The van der Waals surface area contributed by atoms with E-state index in [1.165, 1.54) is 12.3 Å². The Morgan fingerprint density at radius 3 is 2.71 bits per heavy atom. The van der Waals surface area contributed by atoms with E-state index in [0.717, 1.165) is 0 Å². The van der Waals surface area contributed by atoms with Crippen molar-refractivity contribution < 1.29 is 9.13 Å². The van der Waals surface area contributed by atoms with E-state index in [1.54, 1.807) is 6.07 Å². The molecule has 78 valence electrons. The number of pyridine rings is 1. The number of rotatable bonds is 4. The molecule has 0 bridgehead atoms. The summed E-state index contributed by atoms with van der Waals surface area (Å²) in [5.74, 6) is 0.109. The van der Waals surface area contributed by atoms with Crippen molar-refractivity contribution in [2.45, 2.75) is 13.0 Å². The molecule has 0 aliphatic rings. The van der Waals surface area contributed by atoms with Gasteiger partial charge in [-0.1, -0.05) is 0 Å². The zero-order valence-electron chi connectivity index (χ0n) is 8.70. The van der Waals surface area contributed by atoms with Gasteiger partial charge in [0, 0.05) is 6.04 Å². The van der Waals surface area contributed by atoms with Gasteiger partial charge in [0.25, 0.3) is 0 Å².